The molecule has 2 saturated carbocycles. The van der Waals surface area contributed by atoms with E-state index in [1.165, 1.54) is 44.9 Å². The summed E-state index contributed by atoms with van der Waals surface area (Å²) in [6, 6.07) is 0. The molecule has 0 amide bonds. The fourth-order valence-electron chi connectivity index (χ4n) is 3.05. The molecule has 0 spiro atoms. The van der Waals surface area contributed by atoms with Crippen molar-refractivity contribution >= 4 is 0 Å². The first kappa shape index (κ1) is 9.51. The molecule has 0 bridgehead atoms. The van der Waals surface area contributed by atoms with Gasteiger partial charge in [-0.05, 0) is 62.3 Å². The lowest BCUT2D eigenvalue weighted by atomic mass is 9.62. The third-order valence-corrected chi connectivity index (χ3v) is 4.27. The highest BCUT2D eigenvalue weighted by Crippen LogP contribution is 2.52. The molecule has 1 nitrogen and oxygen atoms in total. The molecule has 2 rings (SSSR count). The Bertz CT molecular complexity index is 168. The summed E-state index contributed by atoms with van der Waals surface area (Å²) in [6.45, 7) is 3.35. The predicted molar refractivity (Wildman–Crippen MR) is 56.5 cm³/mol. The van der Waals surface area contributed by atoms with E-state index >= 15 is 0 Å². The second kappa shape index (κ2) is 3.61. The minimum Gasteiger partial charge on any atom is -0.330 e. The van der Waals surface area contributed by atoms with E-state index in [-0.39, 0.29) is 0 Å². The average Bonchev–Trinajstić information content (AvgIpc) is 2.82. The van der Waals surface area contributed by atoms with E-state index in [1.807, 2.05) is 0 Å². The van der Waals surface area contributed by atoms with E-state index in [4.69, 9.17) is 5.73 Å². The van der Waals surface area contributed by atoms with Crippen LogP contribution in [0.25, 0.3) is 0 Å². The minimum atomic E-state index is 0.691. The summed E-state index contributed by atoms with van der Waals surface area (Å²) in [5.41, 5.74) is 6.38. The van der Waals surface area contributed by atoms with Gasteiger partial charge >= 0.3 is 0 Å². The van der Waals surface area contributed by atoms with Crippen LogP contribution < -0.4 is 5.73 Å². The predicted octanol–water partition coefficient (Wildman–Crippen LogP) is 2.94. The van der Waals surface area contributed by atoms with Crippen molar-refractivity contribution in [1.82, 2.24) is 0 Å². The van der Waals surface area contributed by atoms with Crippen molar-refractivity contribution in [2.75, 3.05) is 6.54 Å². The molecule has 2 N–H and O–H groups in total. The van der Waals surface area contributed by atoms with Gasteiger partial charge in [-0.25, -0.2) is 0 Å². The van der Waals surface area contributed by atoms with Gasteiger partial charge in [0, 0.05) is 0 Å². The summed E-state index contributed by atoms with van der Waals surface area (Å²) in [7, 11) is 0. The Kier molecular flexibility index (Phi) is 2.64. The molecule has 2 fully saturated rings. The molecule has 0 radical (unpaired) electrons. The zero-order chi connectivity index (χ0) is 9.31. The minimum absolute atomic E-state index is 0.691. The summed E-state index contributed by atoms with van der Waals surface area (Å²) >= 11 is 0. The van der Waals surface area contributed by atoms with E-state index < -0.39 is 0 Å². The maximum absolute atomic E-state index is 5.69. The SMILES string of the molecule is CC(CC1(CCN)CCC1)C1CC1. The molecule has 2 aliphatic carbocycles. The van der Waals surface area contributed by atoms with Gasteiger partial charge in [-0.2, -0.15) is 0 Å². The molecule has 1 atom stereocenters. The Morgan fingerprint density at radius 1 is 1.38 bits per heavy atom. The van der Waals surface area contributed by atoms with Crippen LogP contribution in [0, 0.1) is 17.3 Å². The van der Waals surface area contributed by atoms with E-state index in [1.54, 1.807) is 0 Å². The fraction of sp³-hybridized carbons (Fsp3) is 1.00. The molecule has 13 heavy (non-hydrogen) atoms. The lowest BCUT2D eigenvalue weighted by molar-refractivity contribution is 0.0829. The first-order chi connectivity index (χ1) is 6.26. The average molecular weight is 181 g/mol. The largest absolute Gasteiger partial charge is 0.330 e. The van der Waals surface area contributed by atoms with Crippen molar-refractivity contribution in [2.24, 2.45) is 23.0 Å². The highest BCUT2D eigenvalue weighted by atomic mass is 14.6. The van der Waals surface area contributed by atoms with Crippen LogP contribution in [-0.4, -0.2) is 6.54 Å². The first-order valence-electron chi connectivity index (χ1n) is 5.96. The molecule has 0 aromatic rings. The summed E-state index contributed by atoms with van der Waals surface area (Å²) in [6.07, 6.45) is 10.1. The van der Waals surface area contributed by atoms with E-state index in [0.29, 0.717) is 5.41 Å². The van der Waals surface area contributed by atoms with Gasteiger partial charge in [0.15, 0.2) is 0 Å². The van der Waals surface area contributed by atoms with Crippen molar-refractivity contribution in [1.29, 1.82) is 0 Å². The quantitative estimate of drug-likeness (QED) is 0.693. The topological polar surface area (TPSA) is 26.0 Å². The number of hydrogen-bond acceptors (Lipinski definition) is 1. The van der Waals surface area contributed by atoms with Crippen LogP contribution in [0.3, 0.4) is 0 Å². The van der Waals surface area contributed by atoms with Gasteiger partial charge < -0.3 is 5.73 Å². The Hall–Kier alpha value is -0.0400. The Labute approximate surface area is 82.1 Å². The van der Waals surface area contributed by atoms with Gasteiger partial charge in [-0.15, -0.1) is 0 Å². The summed E-state index contributed by atoms with van der Waals surface area (Å²) in [5, 5.41) is 0. The van der Waals surface area contributed by atoms with Crippen LogP contribution in [0.1, 0.15) is 51.9 Å². The first-order valence-corrected chi connectivity index (χ1v) is 5.96. The van der Waals surface area contributed by atoms with Gasteiger partial charge in [-0.1, -0.05) is 13.3 Å². The molecule has 0 aliphatic heterocycles. The highest BCUT2D eigenvalue weighted by molar-refractivity contribution is 4.92. The Morgan fingerprint density at radius 2 is 2.08 bits per heavy atom. The second-order valence-electron chi connectivity index (χ2n) is 5.41. The van der Waals surface area contributed by atoms with Gasteiger partial charge in [-0.3, -0.25) is 0 Å². The van der Waals surface area contributed by atoms with Crippen molar-refractivity contribution in [3.8, 4) is 0 Å². The lowest BCUT2D eigenvalue weighted by Gasteiger charge is -2.44. The molecule has 0 aromatic carbocycles. The van der Waals surface area contributed by atoms with Crippen LogP contribution in [0.2, 0.25) is 0 Å². The molecule has 0 saturated heterocycles. The maximum atomic E-state index is 5.69. The lowest BCUT2D eigenvalue weighted by Crippen LogP contribution is -2.34. The summed E-state index contributed by atoms with van der Waals surface area (Å²) in [4.78, 5) is 0. The summed E-state index contributed by atoms with van der Waals surface area (Å²) < 4.78 is 0. The van der Waals surface area contributed by atoms with E-state index in [9.17, 15) is 0 Å². The Balaban J connectivity index is 1.81. The number of nitrogens with two attached hydrogens (primary N) is 1. The third kappa shape index (κ3) is 2.07. The normalized spacial score (nSPS) is 28.2. The van der Waals surface area contributed by atoms with Gasteiger partial charge in [0.25, 0.3) is 0 Å². The maximum Gasteiger partial charge on any atom is -0.00720 e. The third-order valence-electron chi connectivity index (χ3n) is 4.27. The molecular formula is C12H23N. The summed E-state index contributed by atoms with van der Waals surface area (Å²) in [5.74, 6) is 2.06. The van der Waals surface area contributed by atoms with Gasteiger partial charge in [0.05, 0.1) is 0 Å². The fourth-order valence-corrected chi connectivity index (χ4v) is 3.05. The van der Waals surface area contributed by atoms with Crippen LogP contribution in [0.15, 0.2) is 0 Å². The van der Waals surface area contributed by atoms with Crippen molar-refractivity contribution in [2.45, 2.75) is 51.9 Å². The number of hydrogen-bond donors (Lipinski definition) is 1. The van der Waals surface area contributed by atoms with Crippen LogP contribution in [0.5, 0.6) is 0 Å². The zero-order valence-corrected chi connectivity index (χ0v) is 8.89. The molecule has 1 unspecified atom stereocenters. The molecular weight excluding hydrogens is 158 g/mol. The second-order valence-corrected chi connectivity index (χ2v) is 5.41. The zero-order valence-electron chi connectivity index (χ0n) is 8.89. The monoisotopic (exact) mass is 181 g/mol. The number of rotatable bonds is 5. The van der Waals surface area contributed by atoms with Crippen LogP contribution in [0.4, 0.5) is 0 Å². The van der Waals surface area contributed by atoms with Gasteiger partial charge in [0.2, 0.25) is 0 Å². The standard InChI is InChI=1S/C12H23N/c1-10(11-3-4-11)9-12(7-8-13)5-2-6-12/h10-11H,2-9,13H2,1H3. The molecule has 0 aromatic heterocycles. The highest BCUT2D eigenvalue weighted by Gasteiger charge is 2.40. The van der Waals surface area contributed by atoms with Crippen molar-refractivity contribution < 1.29 is 0 Å². The molecule has 1 heteroatoms. The molecule has 76 valence electrons. The molecule has 0 heterocycles. The smallest absolute Gasteiger partial charge is 0.00720 e. The van der Waals surface area contributed by atoms with Crippen molar-refractivity contribution in [3.05, 3.63) is 0 Å². The Morgan fingerprint density at radius 3 is 2.46 bits per heavy atom. The van der Waals surface area contributed by atoms with Crippen molar-refractivity contribution in [3.63, 3.8) is 0 Å². The van der Waals surface area contributed by atoms with Gasteiger partial charge in [0.1, 0.15) is 0 Å². The van der Waals surface area contributed by atoms with Crippen LogP contribution >= 0.6 is 0 Å². The van der Waals surface area contributed by atoms with E-state index in [2.05, 4.69) is 6.92 Å². The van der Waals surface area contributed by atoms with Crippen LogP contribution in [-0.2, 0) is 0 Å². The molecule has 2 aliphatic rings. The van der Waals surface area contributed by atoms with E-state index in [0.717, 1.165) is 18.4 Å².